The van der Waals surface area contributed by atoms with E-state index in [1.165, 1.54) is 11.3 Å². The molecule has 84 valence electrons. The average Bonchev–Trinajstić information content (AvgIpc) is 2.68. The van der Waals surface area contributed by atoms with Gasteiger partial charge in [-0.3, -0.25) is 0 Å². The van der Waals surface area contributed by atoms with E-state index in [1.807, 2.05) is 36.6 Å². The summed E-state index contributed by atoms with van der Waals surface area (Å²) in [5, 5.41) is 12.9. The van der Waals surface area contributed by atoms with Crippen molar-refractivity contribution < 1.29 is 5.11 Å². The van der Waals surface area contributed by atoms with Gasteiger partial charge in [-0.15, -0.1) is 11.3 Å². The molecule has 0 aliphatic heterocycles. The van der Waals surface area contributed by atoms with Crippen molar-refractivity contribution in [2.24, 2.45) is 0 Å². The van der Waals surface area contributed by atoms with Crippen LogP contribution in [0.4, 0.5) is 0 Å². The molecule has 1 aromatic carbocycles. The summed E-state index contributed by atoms with van der Waals surface area (Å²) in [4.78, 5) is 0.908. The Balaban J connectivity index is 2.46. The molecule has 0 spiro atoms. The average molecular weight is 318 g/mol. The van der Waals surface area contributed by atoms with Gasteiger partial charge in [0.1, 0.15) is 6.10 Å². The van der Waals surface area contributed by atoms with E-state index in [9.17, 15) is 5.11 Å². The first-order valence-corrected chi connectivity index (χ1v) is 6.82. The van der Waals surface area contributed by atoms with Crippen LogP contribution in [0, 0.1) is 6.92 Å². The molecule has 1 unspecified atom stereocenters. The standard InChI is InChI=1S/C12H10BrClOS/c1-7-8(3-2-4-10(7)14)11(15)12-9(13)5-6-16-12/h2-6,11,15H,1H3. The van der Waals surface area contributed by atoms with Gasteiger partial charge >= 0.3 is 0 Å². The van der Waals surface area contributed by atoms with Gasteiger partial charge in [0, 0.05) is 9.50 Å². The van der Waals surface area contributed by atoms with E-state index in [0.717, 1.165) is 20.5 Å². The number of benzene rings is 1. The predicted octanol–water partition coefficient (Wildman–Crippen LogP) is 4.55. The first-order valence-electron chi connectivity index (χ1n) is 4.77. The van der Waals surface area contributed by atoms with Crippen LogP contribution in [0.5, 0.6) is 0 Å². The molecule has 0 fully saturated rings. The quantitative estimate of drug-likeness (QED) is 0.861. The van der Waals surface area contributed by atoms with Gasteiger partial charge in [-0.05, 0) is 51.5 Å². The number of rotatable bonds is 2. The van der Waals surface area contributed by atoms with Crippen LogP contribution in [-0.4, -0.2) is 5.11 Å². The molecule has 4 heteroatoms. The number of thiophene rings is 1. The Morgan fingerprint density at radius 1 is 1.38 bits per heavy atom. The second-order valence-electron chi connectivity index (χ2n) is 3.49. The molecule has 0 saturated heterocycles. The summed E-state index contributed by atoms with van der Waals surface area (Å²) in [6.07, 6.45) is -0.618. The molecule has 1 aromatic heterocycles. The van der Waals surface area contributed by atoms with E-state index in [1.54, 1.807) is 0 Å². The van der Waals surface area contributed by atoms with Gasteiger partial charge in [0.15, 0.2) is 0 Å². The lowest BCUT2D eigenvalue weighted by Crippen LogP contribution is -2.00. The minimum absolute atomic E-state index is 0.618. The molecule has 0 saturated carbocycles. The third-order valence-corrected chi connectivity index (χ3v) is 4.83. The minimum Gasteiger partial charge on any atom is -0.383 e. The number of hydrogen-bond donors (Lipinski definition) is 1. The van der Waals surface area contributed by atoms with Crippen molar-refractivity contribution in [3.63, 3.8) is 0 Å². The van der Waals surface area contributed by atoms with Crippen LogP contribution < -0.4 is 0 Å². The van der Waals surface area contributed by atoms with E-state index in [4.69, 9.17) is 11.6 Å². The van der Waals surface area contributed by atoms with E-state index in [-0.39, 0.29) is 0 Å². The van der Waals surface area contributed by atoms with Gasteiger partial charge in [-0.1, -0.05) is 23.7 Å². The molecule has 2 rings (SSSR count). The largest absolute Gasteiger partial charge is 0.383 e. The summed E-state index contributed by atoms with van der Waals surface area (Å²) in [5.41, 5.74) is 1.78. The van der Waals surface area contributed by atoms with Gasteiger partial charge in [0.25, 0.3) is 0 Å². The Morgan fingerprint density at radius 2 is 2.12 bits per heavy atom. The second kappa shape index (κ2) is 4.88. The van der Waals surface area contributed by atoms with E-state index in [2.05, 4.69) is 15.9 Å². The fraction of sp³-hybridized carbons (Fsp3) is 0.167. The maximum Gasteiger partial charge on any atom is 0.115 e. The first kappa shape index (κ1) is 12.1. The van der Waals surface area contributed by atoms with Gasteiger partial charge in [0.05, 0.1) is 4.88 Å². The van der Waals surface area contributed by atoms with Crippen molar-refractivity contribution in [3.8, 4) is 0 Å². The van der Waals surface area contributed by atoms with Gasteiger partial charge < -0.3 is 5.11 Å². The Hall–Kier alpha value is -0.350. The maximum absolute atomic E-state index is 10.3. The van der Waals surface area contributed by atoms with Crippen LogP contribution in [-0.2, 0) is 0 Å². The molecule has 0 aliphatic carbocycles. The lowest BCUT2D eigenvalue weighted by Gasteiger charge is -2.13. The molecule has 0 radical (unpaired) electrons. The highest BCUT2D eigenvalue weighted by molar-refractivity contribution is 9.10. The number of halogens is 2. The van der Waals surface area contributed by atoms with Gasteiger partial charge in [-0.2, -0.15) is 0 Å². The SMILES string of the molecule is Cc1c(Cl)cccc1C(O)c1sccc1Br. The van der Waals surface area contributed by atoms with Crippen molar-refractivity contribution in [2.75, 3.05) is 0 Å². The molecule has 1 nitrogen and oxygen atoms in total. The van der Waals surface area contributed by atoms with E-state index >= 15 is 0 Å². The fourth-order valence-electron chi connectivity index (χ4n) is 1.56. The molecular weight excluding hydrogens is 308 g/mol. The van der Waals surface area contributed by atoms with Crippen molar-refractivity contribution in [3.05, 3.63) is 55.1 Å². The molecule has 1 atom stereocenters. The Labute approximate surface area is 112 Å². The molecule has 16 heavy (non-hydrogen) atoms. The lowest BCUT2D eigenvalue weighted by atomic mass is 10.0. The number of aliphatic hydroxyl groups is 1. The summed E-state index contributed by atoms with van der Waals surface area (Å²) in [7, 11) is 0. The zero-order chi connectivity index (χ0) is 11.7. The van der Waals surface area contributed by atoms with Crippen LogP contribution in [0.25, 0.3) is 0 Å². The van der Waals surface area contributed by atoms with E-state index in [0.29, 0.717) is 5.02 Å². The summed E-state index contributed by atoms with van der Waals surface area (Å²) >= 11 is 11.0. The molecule has 2 aromatic rings. The monoisotopic (exact) mass is 316 g/mol. The highest BCUT2D eigenvalue weighted by atomic mass is 79.9. The topological polar surface area (TPSA) is 20.2 Å². The predicted molar refractivity (Wildman–Crippen MR) is 72.3 cm³/mol. The summed E-state index contributed by atoms with van der Waals surface area (Å²) < 4.78 is 0.935. The first-order chi connectivity index (χ1) is 7.61. The van der Waals surface area contributed by atoms with Crippen molar-refractivity contribution >= 4 is 38.9 Å². The smallest absolute Gasteiger partial charge is 0.115 e. The molecule has 0 amide bonds. The number of aliphatic hydroxyl groups excluding tert-OH is 1. The third kappa shape index (κ3) is 2.18. The highest BCUT2D eigenvalue weighted by Gasteiger charge is 2.17. The Kier molecular flexibility index (Phi) is 3.70. The molecule has 0 aliphatic rings. The van der Waals surface area contributed by atoms with Crippen LogP contribution in [0.15, 0.2) is 34.1 Å². The zero-order valence-corrected chi connectivity index (χ0v) is 11.7. The maximum atomic E-state index is 10.3. The Morgan fingerprint density at radius 3 is 2.75 bits per heavy atom. The van der Waals surface area contributed by atoms with Crippen molar-refractivity contribution in [2.45, 2.75) is 13.0 Å². The van der Waals surface area contributed by atoms with Gasteiger partial charge in [0.2, 0.25) is 0 Å². The van der Waals surface area contributed by atoms with Crippen molar-refractivity contribution in [1.29, 1.82) is 0 Å². The van der Waals surface area contributed by atoms with Crippen LogP contribution in [0.2, 0.25) is 5.02 Å². The molecule has 0 bridgehead atoms. The van der Waals surface area contributed by atoms with E-state index < -0.39 is 6.10 Å². The van der Waals surface area contributed by atoms with Gasteiger partial charge in [-0.25, -0.2) is 0 Å². The molecule has 1 N–H and O–H groups in total. The summed E-state index contributed by atoms with van der Waals surface area (Å²) in [5.74, 6) is 0. The van der Waals surface area contributed by atoms with Crippen LogP contribution >= 0.6 is 38.9 Å². The minimum atomic E-state index is -0.618. The Bertz CT molecular complexity index is 509. The molecular formula is C12H10BrClOS. The lowest BCUT2D eigenvalue weighted by molar-refractivity contribution is 0.222. The highest BCUT2D eigenvalue weighted by Crippen LogP contribution is 2.35. The van der Waals surface area contributed by atoms with Crippen LogP contribution in [0.1, 0.15) is 22.1 Å². The normalized spacial score (nSPS) is 12.8. The summed E-state index contributed by atoms with van der Waals surface area (Å²) in [6, 6.07) is 7.52. The fourth-order valence-corrected chi connectivity index (χ4v) is 3.34. The summed E-state index contributed by atoms with van der Waals surface area (Å²) in [6.45, 7) is 1.92. The van der Waals surface area contributed by atoms with Crippen molar-refractivity contribution in [1.82, 2.24) is 0 Å². The van der Waals surface area contributed by atoms with Crippen LogP contribution in [0.3, 0.4) is 0 Å². The second-order valence-corrected chi connectivity index (χ2v) is 5.70. The molecule has 1 heterocycles. The zero-order valence-electron chi connectivity index (χ0n) is 8.58. The third-order valence-electron chi connectivity index (χ3n) is 2.50. The number of hydrogen-bond acceptors (Lipinski definition) is 2.